The van der Waals surface area contributed by atoms with E-state index < -0.39 is 0 Å². The molecule has 5 rings (SSSR count). The lowest BCUT2D eigenvalue weighted by Crippen LogP contribution is -2.18. The molecule has 0 bridgehead atoms. The van der Waals surface area contributed by atoms with Crippen LogP contribution in [0, 0.1) is 0 Å². The lowest BCUT2D eigenvalue weighted by molar-refractivity contribution is -0.0156. The lowest BCUT2D eigenvalue weighted by Gasteiger charge is -2.16. The molecule has 0 spiro atoms. The van der Waals surface area contributed by atoms with Crippen molar-refractivity contribution >= 4 is 61.6 Å². The molecule has 1 aromatic carbocycles. The van der Waals surface area contributed by atoms with Gasteiger partial charge in [0.15, 0.2) is 5.82 Å². The van der Waals surface area contributed by atoms with Crippen molar-refractivity contribution in [1.29, 1.82) is 0 Å². The summed E-state index contributed by atoms with van der Waals surface area (Å²) in [5.41, 5.74) is 1.60. The Balaban J connectivity index is 1.29. The minimum atomic E-state index is -0.150. The number of halogens is 2. The van der Waals surface area contributed by atoms with Crippen LogP contribution in [0.4, 0.5) is 5.82 Å². The number of fused-ring (bicyclic) bond motifs is 2. The van der Waals surface area contributed by atoms with Crippen molar-refractivity contribution in [2.75, 3.05) is 20.7 Å². The van der Waals surface area contributed by atoms with E-state index in [0.717, 1.165) is 39.4 Å². The summed E-state index contributed by atoms with van der Waals surface area (Å²) in [7, 11) is 3.80. The van der Waals surface area contributed by atoms with Crippen molar-refractivity contribution < 1.29 is 9.47 Å². The van der Waals surface area contributed by atoms with Gasteiger partial charge in [-0.15, -0.1) is 0 Å². The third-order valence-electron chi connectivity index (χ3n) is 5.39. The maximum atomic E-state index is 6.28. The van der Waals surface area contributed by atoms with Crippen molar-refractivity contribution in [2.45, 2.75) is 25.2 Å². The normalized spacial score (nSPS) is 18.5. The summed E-state index contributed by atoms with van der Waals surface area (Å²) in [5.74, 6) is 1.31. The van der Waals surface area contributed by atoms with Crippen LogP contribution >= 0.6 is 27.5 Å². The highest BCUT2D eigenvalue weighted by molar-refractivity contribution is 9.10. The fourth-order valence-electron chi connectivity index (χ4n) is 3.86. The number of aliphatic imine (C=N–C) groups is 1. The number of benzene rings is 1. The standard InChI is InChI=1S/C23H22BrClN6O2/c1-30(2)13-27-21-18-7-8-31(22(18)29-23(25)28-21)20-6-5-17(33-20)12-32-16-4-3-14-9-15(24)11-26-19(14)10-16/h3-4,7-11,13,17,20H,5-6,12H2,1-2H3/t17-,20+/m0/s1. The second kappa shape index (κ2) is 9.24. The number of nitrogens with zero attached hydrogens (tertiary/aromatic N) is 6. The number of pyridine rings is 1. The monoisotopic (exact) mass is 528 g/mol. The van der Waals surface area contributed by atoms with Crippen molar-refractivity contribution in [2.24, 2.45) is 4.99 Å². The first-order chi connectivity index (χ1) is 16.0. The van der Waals surface area contributed by atoms with Gasteiger partial charge in [-0.05, 0) is 64.6 Å². The van der Waals surface area contributed by atoms with Crippen LogP contribution in [-0.2, 0) is 4.74 Å². The van der Waals surface area contributed by atoms with Crippen LogP contribution in [-0.4, -0.2) is 57.6 Å². The number of aromatic nitrogens is 4. The molecule has 0 N–H and O–H groups in total. The second-order valence-electron chi connectivity index (χ2n) is 8.09. The maximum Gasteiger partial charge on any atom is 0.226 e. The summed E-state index contributed by atoms with van der Waals surface area (Å²) in [6.45, 7) is 0.464. The van der Waals surface area contributed by atoms with Crippen LogP contribution in [0.1, 0.15) is 19.1 Å². The third-order valence-corrected chi connectivity index (χ3v) is 5.99. The van der Waals surface area contributed by atoms with E-state index in [-0.39, 0.29) is 17.6 Å². The summed E-state index contributed by atoms with van der Waals surface area (Å²) in [5, 5.41) is 2.04. The molecule has 0 amide bonds. The molecule has 4 aromatic rings. The fourth-order valence-corrected chi connectivity index (χ4v) is 4.37. The van der Waals surface area contributed by atoms with Gasteiger partial charge in [0.1, 0.15) is 24.2 Å². The van der Waals surface area contributed by atoms with Gasteiger partial charge in [0.2, 0.25) is 5.28 Å². The van der Waals surface area contributed by atoms with E-state index in [1.54, 1.807) is 12.5 Å². The molecule has 1 saturated heterocycles. The van der Waals surface area contributed by atoms with Gasteiger partial charge in [-0.25, -0.2) is 4.99 Å². The van der Waals surface area contributed by atoms with Gasteiger partial charge in [0.25, 0.3) is 0 Å². The Morgan fingerprint density at radius 2 is 2.15 bits per heavy atom. The Labute approximate surface area is 204 Å². The van der Waals surface area contributed by atoms with E-state index >= 15 is 0 Å². The summed E-state index contributed by atoms with van der Waals surface area (Å²) in [4.78, 5) is 19.4. The SMILES string of the molecule is CN(C)C=Nc1nc(Cl)nc2c1ccn2[C@H]1CC[C@@H](COc2ccc3cc(Br)cnc3c2)O1. The molecule has 0 radical (unpaired) electrons. The van der Waals surface area contributed by atoms with E-state index in [1.807, 2.05) is 60.1 Å². The van der Waals surface area contributed by atoms with Crippen molar-refractivity contribution in [3.8, 4) is 5.75 Å². The molecule has 0 unspecified atom stereocenters. The highest BCUT2D eigenvalue weighted by atomic mass is 79.9. The van der Waals surface area contributed by atoms with Crippen LogP contribution in [0.5, 0.6) is 5.75 Å². The van der Waals surface area contributed by atoms with Crippen molar-refractivity contribution in [1.82, 2.24) is 24.4 Å². The van der Waals surface area contributed by atoms with Gasteiger partial charge in [-0.1, -0.05) is 0 Å². The first-order valence-corrected chi connectivity index (χ1v) is 11.7. The zero-order valence-corrected chi connectivity index (χ0v) is 20.5. The fraction of sp³-hybridized carbons (Fsp3) is 0.304. The molecular weight excluding hydrogens is 508 g/mol. The summed E-state index contributed by atoms with van der Waals surface area (Å²) < 4.78 is 15.2. The molecule has 8 nitrogen and oxygen atoms in total. The summed E-state index contributed by atoms with van der Waals surface area (Å²) in [6, 6.07) is 9.89. The first-order valence-electron chi connectivity index (χ1n) is 10.5. The Morgan fingerprint density at radius 3 is 3.00 bits per heavy atom. The molecule has 3 aromatic heterocycles. The quantitative estimate of drug-likeness (QED) is 0.190. The predicted octanol–water partition coefficient (Wildman–Crippen LogP) is 5.37. The van der Waals surface area contributed by atoms with Gasteiger partial charge in [0, 0.05) is 42.4 Å². The Morgan fingerprint density at radius 1 is 1.27 bits per heavy atom. The van der Waals surface area contributed by atoms with E-state index in [4.69, 9.17) is 21.1 Å². The minimum absolute atomic E-state index is 0.0236. The zero-order chi connectivity index (χ0) is 22.9. The Kier molecular flexibility index (Phi) is 6.18. The molecule has 1 aliphatic heterocycles. The van der Waals surface area contributed by atoms with Gasteiger partial charge in [-0.3, -0.25) is 4.98 Å². The van der Waals surface area contributed by atoms with Crippen molar-refractivity contribution in [3.05, 3.63) is 52.5 Å². The maximum absolute atomic E-state index is 6.28. The van der Waals surface area contributed by atoms with E-state index in [2.05, 4.69) is 35.9 Å². The van der Waals surface area contributed by atoms with Crippen LogP contribution in [0.2, 0.25) is 5.28 Å². The molecule has 4 heterocycles. The summed E-state index contributed by atoms with van der Waals surface area (Å²) >= 11 is 9.63. The molecule has 2 atom stereocenters. The number of ether oxygens (including phenoxy) is 2. The van der Waals surface area contributed by atoms with Gasteiger partial charge in [-0.2, -0.15) is 9.97 Å². The van der Waals surface area contributed by atoms with Crippen molar-refractivity contribution in [3.63, 3.8) is 0 Å². The van der Waals surface area contributed by atoms with Crippen LogP contribution in [0.3, 0.4) is 0 Å². The number of hydrogen-bond acceptors (Lipinski definition) is 6. The van der Waals surface area contributed by atoms with Crippen LogP contribution in [0.15, 0.2) is 52.2 Å². The summed E-state index contributed by atoms with van der Waals surface area (Å²) in [6.07, 6.45) is 6.98. The topological polar surface area (TPSA) is 77.7 Å². The van der Waals surface area contributed by atoms with E-state index in [0.29, 0.717) is 18.1 Å². The lowest BCUT2D eigenvalue weighted by atomic mass is 10.2. The average molecular weight is 530 g/mol. The number of rotatable bonds is 6. The molecule has 1 aliphatic rings. The molecule has 10 heteroatoms. The van der Waals surface area contributed by atoms with Gasteiger partial charge in [0.05, 0.1) is 23.3 Å². The molecule has 170 valence electrons. The molecule has 0 saturated carbocycles. The van der Waals surface area contributed by atoms with E-state index in [9.17, 15) is 0 Å². The molecule has 1 fully saturated rings. The predicted molar refractivity (Wildman–Crippen MR) is 132 cm³/mol. The third kappa shape index (κ3) is 4.80. The van der Waals surface area contributed by atoms with E-state index in [1.165, 1.54) is 0 Å². The molecule has 33 heavy (non-hydrogen) atoms. The van der Waals surface area contributed by atoms with Crippen LogP contribution in [0.25, 0.3) is 21.9 Å². The second-order valence-corrected chi connectivity index (χ2v) is 9.35. The zero-order valence-electron chi connectivity index (χ0n) is 18.2. The highest BCUT2D eigenvalue weighted by Crippen LogP contribution is 2.34. The molecule has 0 aliphatic carbocycles. The smallest absolute Gasteiger partial charge is 0.226 e. The van der Waals surface area contributed by atoms with Gasteiger partial charge < -0.3 is 18.9 Å². The average Bonchev–Trinajstić information content (AvgIpc) is 3.42. The number of hydrogen-bond donors (Lipinski definition) is 0. The largest absolute Gasteiger partial charge is 0.491 e. The Hall–Kier alpha value is -2.75. The highest BCUT2D eigenvalue weighted by Gasteiger charge is 2.28. The first kappa shape index (κ1) is 22.1. The van der Waals surface area contributed by atoms with Gasteiger partial charge >= 0.3 is 0 Å². The minimum Gasteiger partial charge on any atom is -0.491 e. The molecular formula is C23H22BrClN6O2. The van der Waals surface area contributed by atoms with Crippen LogP contribution < -0.4 is 4.74 Å². The Bertz CT molecular complexity index is 1340.